The summed E-state index contributed by atoms with van der Waals surface area (Å²) in [5.41, 5.74) is 0.484. The van der Waals surface area contributed by atoms with Gasteiger partial charge >= 0.3 is 6.09 Å². The lowest BCUT2D eigenvalue weighted by molar-refractivity contribution is -0.117. The second-order valence-corrected chi connectivity index (χ2v) is 8.26. The third-order valence-corrected chi connectivity index (χ3v) is 5.42. The van der Waals surface area contributed by atoms with E-state index in [1.165, 1.54) is 0 Å². The fourth-order valence-electron chi connectivity index (χ4n) is 3.01. The van der Waals surface area contributed by atoms with Gasteiger partial charge in [0.2, 0.25) is 5.91 Å². The number of alkyl carbamates (subject to hydrolysis) is 1. The Morgan fingerprint density at radius 2 is 1.93 bits per heavy atom. The van der Waals surface area contributed by atoms with Gasteiger partial charge in [0, 0.05) is 6.04 Å². The molecule has 0 saturated heterocycles. The van der Waals surface area contributed by atoms with Crippen LogP contribution in [0, 0.1) is 5.92 Å². The molecule has 2 aromatic rings. The van der Waals surface area contributed by atoms with Crippen LogP contribution in [0.5, 0.6) is 0 Å². The Morgan fingerprint density at radius 1 is 1.21 bits per heavy atom. The van der Waals surface area contributed by atoms with Crippen molar-refractivity contribution in [2.75, 3.05) is 12.4 Å². The lowest BCUT2D eigenvalue weighted by Crippen LogP contribution is -2.33. The zero-order valence-electron chi connectivity index (χ0n) is 17.4. The van der Waals surface area contributed by atoms with Crippen LogP contribution in [0.1, 0.15) is 53.0 Å². The van der Waals surface area contributed by atoms with Crippen molar-refractivity contribution in [3.8, 4) is 0 Å². The van der Waals surface area contributed by atoms with Gasteiger partial charge in [-0.05, 0) is 38.3 Å². The number of hydrogen-bond acceptors (Lipinski definition) is 6. The number of rotatable bonds is 9. The molecule has 1 atom stereocenters. The molecule has 8 heteroatoms. The fraction of sp³-hybridized carbons (Fsp3) is 0.524. The molecule has 0 spiro atoms. The number of aromatic nitrogens is 2. The molecule has 0 saturated carbocycles. The smallest absolute Gasteiger partial charge is 0.413 e. The van der Waals surface area contributed by atoms with E-state index in [0.29, 0.717) is 22.0 Å². The van der Waals surface area contributed by atoms with Crippen LogP contribution in [0.3, 0.4) is 0 Å². The van der Waals surface area contributed by atoms with Gasteiger partial charge in [-0.15, -0.1) is 0 Å². The number of carbonyl (C=O) groups excluding carboxylic acids is 2. The average Bonchev–Trinajstić information content (AvgIpc) is 2.66. The second-order valence-electron chi connectivity index (χ2n) is 7.32. The van der Waals surface area contributed by atoms with Gasteiger partial charge in [-0.25, -0.2) is 9.78 Å². The van der Waals surface area contributed by atoms with Crippen molar-refractivity contribution in [1.82, 2.24) is 14.9 Å². The van der Waals surface area contributed by atoms with Gasteiger partial charge in [0.05, 0.1) is 23.3 Å². The molecule has 7 nitrogen and oxygen atoms in total. The van der Waals surface area contributed by atoms with Crippen LogP contribution in [0.15, 0.2) is 34.2 Å². The molecule has 1 aromatic heterocycles. The average molecular weight is 420 g/mol. The topological polar surface area (TPSA) is 90.3 Å². The molecule has 0 bridgehead atoms. The summed E-state index contributed by atoms with van der Waals surface area (Å²) in [5.74, 6) is 0.0754. The normalized spacial score (nSPS) is 12.2. The Bertz CT molecular complexity index is 910. The molecule has 2 rings (SSSR count). The van der Waals surface area contributed by atoms with Gasteiger partial charge in [-0.2, -0.15) is 0 Å². The molecule has 1 heterocycles. The monoisotopic (exact) mass is 419 g/mol. The highest BCUT2D eigenvalue weighted by molar-refractivity contribution is 7.99. The third-order valence-electron chi connectivity index (χ3n) is 4.47. The number of benzene rings is 1. The summed E-state index contributed by atoms with van der Waals surface area (Å²) in [4.78, 5) is 41.2. The third kappa shape index (κ3) is 6.59. The minimum absolute atomic E-state index is 0.0394. The quantitative estimate of drug-likeness (QED) is 0.485. The van der Waals surface area contributed by atoms with Gasteiger partial charge in [0.25, 0.3) is 5.56 Å². The first-order valence-electron chi connectivity index (χ1n) is 9.94. The standard InChI is InChI=1S/C21H29N3O4S/c1-5-28-21(27)23-18(25)13-29-20-22-17-12-7-6-11-16(17)19(26)24(20)15(4)10-8-9-14(2)3/h6-7,11-12,14-15H,5,8-10,13H2,1-4H3,(H,23,25,27)/t15-/m1/s1. The van der Waals surface area contributed by atoms with Crippen molar-refractivity contribution in [3.05, 3.63) is 34.6 Å². The van der Waals surface area contributed by atoms with Crippen LogP contribution in [0.4, 0.5) is 4.79 Å². The second kappa shape index (κ2) is 11.0. The highest BCUT2D eigenvalue weighted by Gasteiger charge is 2.18. The van der Waals surface area contributed by atoms with Crippen molar-refractivity contribution in [2.45, 2.75) is 58.2 Å². The Kier molecular flexibility index (Phi) is 8.70. The number of nitrogens with zero attached hydrogens (tertiary/aromatic N) is 2. The molecule has 1 N–H and O–H groups in total. The number of hydrogen-bond donors (Lipinski definition) is 1. The molecule has 1 aromatic carbocycles. The summed E-state index contributed by atoms with van der Waals surface area (Å²) in [6, 6.07) is 7.15. The summed E-state index contributed by atoms with van der Waals surface area (Å²) < 4.78 is 6.39. The highest BCUT2D eigenvalue weighted by atomic mass is 32.2. The molecule has 158 valence electrons. The number of imide groups is 1. The van der Waals surface area contributed by atoms with Crippen molar-refractivity contribution >= 4 is 34.7 Å². The van der Waals surface area contributed by atoms with Gasteiger partial charge in [0.1, 0.15) is 0 Å². The Hall–Kier alpha value is -2.35. The molecular formula is C21H29N3O4S. The van der Waals surface area contributed by atoms with E-state index >= 15 is 0 Å². The van der Waals surface area contributed by atoms with Crippen molar-refractivity contribution in [3.63, 3.8) is 0 Å². The van der Waals surface area contributed by atoms with Crippen molar-refractivity contribution < 1.29 is 14.3 Å². The van der Waals surface area contributed by atoms with E-state index in [2.05, 4.69) is 24.1 Å². The predicted molar refractivity (Wildman–Crippen MR) is 115 cm³/mol. The summed E-state index contributed by atoms with van der Waals surface area (Å²) in [7, 11) is 0. The van der Waals surface area contributed by atoms with Crippen molar-refractivity contribution in [1.29, 1.82) is 0 Å². The van der Waals surface area contributed by atoms with Crippen molar-refractivity contribution in [2.24, 2.45) is 5.92 Å². The minimum atomic E-state index is -0.774. The van der Waals surface area contributed by atoms with E-state index < -0.39 is 12.0 Å². The molecule has 0 aliphatic carbocycles. The van der Waals surface area contributed by atoms with E-state index in [0.717, 1.165) is 31.0 Å². The molecule has 2 amide bonds. The zero-order chi connectivity index (χ0) is 21.4. The molecule has 0 fully saturated rings. The minimum Gasteiger partial charge on any atom is -0.450 e. The van der Waals surface area contributed by atoms with E-state index in [9.17, 15) is 14.4 Å². The van der Waals surface area contributed by atoms with Crippen LogP contribution in [-0.4, -0.2) is 33.9 Å². The van der Waals surface area contributed by atoms with E-state index in [-0.39, 0.29) is 24.0 Å². The molecule has 0 aliphatic rings. The first-order chi connectivity index (χ1) is 13.8. The molecule has 0 radical (unpaired) electrons. The Labute approximate surface area is 175 Å². The van der Waals surface area contributed by atoms with Gasteiger partial charge in [0.15, 0.2) is 5.16 Å². The molecule has 29 heavy (non-hydrogen) atoms. The first-order valence-corrected chi connectivity index (χ1v) is 10.9. The number of thioether (sulfide) groups is 1. The molecule has 0 aliphatic heterocycles. The summed E-state index contributed by atoms with van der Waals surface area (Å²) in [6.07, 6.45) is 2.17. The lowest BCUT2D eigenvalue weighted by Gasteiger charge is -2.20. The van der Waals surface area contributed by atoms with Gasteiger partial charge < -0.3 is 4.74 Å². The summed E-state index contributed by atoms with van der Waals surface area (Å²) in [6.45, 7) is 8.21. The fourth-order valence-corrected chi connectivity index (χ4v) is 3.91. The zero-order valence-corrected chi connectivity index (χ0v) is 18.3. The Morgan fingerprint density at radius 3 is 2.62 bits per heavy atom. The van der Waals surface area contributed by atoms with Gasteiger partial charge in [-0.1, -0.05) is 50.6 Å². The van der Waals surface area contributed by atoms with Crippen LogP contribution in [-0.2, 0) is 9.53 Å². The number of carbonyl (C=O) groups is 2. The van der Waals surface area contributed by atoms with Crippen LogP contribution < -0.4 is 10.9 Å². The van der Waals surface area contributed by atoms with Crippen LogP contribution in [0.25, 0.3) is 10.9 Å². The van der Waals surface area contributed by atoms with E-state index in [1.807, 2.05) is 19.1 Å². The maximum absolute atomic E-state index is 13.1. The highest BCUT2D eigenvalue weighted by Crippen LogP contribution is 2.24. The first kappa shape index (κ1) is 22.9. The van der Waals surface area contributed by atoms with Crippen LogP contribution >= 0.6 is 11.8 Å². The van der Waals surface area contributed by atoms with E-state index in [1.54, 1.807) is 23.6 Å². The van der Waals surface area contributed by atoms with Crippen LogP contribution in [0.2, 0.25) is 0 Å². The SMILES string of the molecule is CCOC(=O)NC(=O)CSc1nc2ccccc2c(=O)n1[C@H](C)CCCC(C)C. The number of amides is 2. The maximum Gasteiger partial charge on any atom is 0.413 e. The molecular weight excluding hydrogens is 390 g/mol. The number of fused-ring (bicyclic) bond motifs is 1. The number of para-hydroxylation sites is 1. The summed E-state index contributed by atoms with van der Waals surface area (Å²) in [5, 5.41) is 3.20. The maximum atomic E-state index is 13.1. The predicted octanol–water partition coefficient (Wildman–Crippen LogP) is 4.15. The van der Waals surface area contributed by atoms with E-state index in [4.69, 9.17) is 4.74 Å². The lowest BCUT2D eigenvalue weighted by atomic mass is 10.0. The number of ether oxygens (including phenoxy) is 1. The molecule has 0 unspecified atom stereocenters. The largest absolute Gasteiger partial charge is 0.450 e. The number of nitrogens with one attached hydrogen (secondary N) is 1. The summed E-state index contributed by atoms with van der Waals surface area (Å²) >= 11 is 1.14. The van der Waals surface area contributed by atoms with Gasteiger partial charge in [-0.3, -0.25) is 19.5 Å². The Balaban J connectivity index is 2.25.